The van der Waals surface area contributed by atoms with Crippen molar-refractivity contribution >= 4 is 23.2 Å². The van der Waals surface area contributed by atoms with Crippen LogP contribution in [0, 0.1) is 11.8 Å². The summed E-state index contributed by atoms with van der Waals surface area (Å²) in [6, 6.07) is 6.82. The summed E-state index contributed by atoms with van der Waals surface area (Å²) >= 11 is 0. The number of rotatable bonds is 6. The van der Waals surface area contributed by atoms with Gasteiger partial charge >= 0.3 is 6.18 Å². The SMILES string of the molecule is COc1ccc(NC(=O)Cn2cc(NC(=O)C3CCCC(C(F)(F)F)C3)cn2)cc1. The molecule has 1 aliphatic rings. The smallest absolute Gasteiger partial charge is 0.391 e. The summed E-state index contributed by atoms with van der Waals surface area (Å²) in [5, 5.41) is 9.34. The molecule has 0 radical (unpaired) electrons. The van der Waals surface area contributed by atoms with Gasteiger partial charge in [0.1, 0.15) is 12.3 Å². The Balaban J connectivity index is 1.51. The molecule has 2 amide bonds. The van der Waals surface area contributed by atoms with Crippen molar-refractivity contribution in [2.24, 2.45) is 11.8 Å². The number of ether oxygens (including phenoxy) is 1. The highest BCUT2D eigenvalue weighted by atomic mass is 19.4. The summed E-state index contributed by atoms with van der Waals surface area (Å²) < 4.78 is 45.2. The molecular formula is C20H23F3N4O3. The predicted octanol–water partition coefficient (Wildman–Crippen LogP) is 3.84. The van der Waals surface area contributed by atoms with Crippen LogP contribution in [0.4, 0.5) is 24.5 Å². The molecule has 0 saturated heterocycles. The van der Waals surface area contributed by atoms with Crippen LogP contribution in [0.15, 0.2) is 36.7 Å². The molecule has 1 aliphatic carbocycles. The number of hydrogen-bond acceptors (Lipinski definition) is 4. The summed E-state index contributed by atoms with van der Waals surface area (Å²) in [7, 11) is 1.55. The second-order valence-electron chi connectivity index (χ2n) is 7.29. The molecule has 7 nitrogen and oxygen atoms in total. The van der Waals surface area contributed by atoms with Crippen LogP contribution in [0.1, 0.15) is 25.7 Å². The van der Waals surface area contributed by atoms with Crippen molar-refractivity contribution in [3.63, 3.8) is 0 Å². The first kappa shape index (κ1) is 21.7. The average molecular weight is 424 g/mol. The number of carbonyl (C=O) groups is 2. The molecular weight excluding hydrogens is 401 g/mol. The Bertz CT molecular complexity index is 880. The molecule has 1 heterocycles. The van der Waals surface area contributed by atoms with Crippen molar-refractivity contribution in [2.45, 2.75) is 38.4 Å². The normalized spacial score (nSPS) is 19.2. The highest BCUT2D eigenvalue weighted by Crippen LogP contribution is 2.40. The molecule has 2 aromatic rings. The first-order chi connectivity index (χ1) is 14.2. The Morgan fingerprint density at radius 3 is 2.57 bits per heavy atom. The van der Waals surface area contributed by atoms with Crippen molar-refractivity contribution in [1.29, 1.82) is 0 Å². The van der Waals surface area contributed by atoms with Crippen LogP contribution in [0.5, 0.6) is 5.75 Å². The van der Waals surface area contributed by atoms with Gasteiger partial charge in [0.15, 0.2) is 0 Å². The summed E-state index contributed by atoms with van der Waals surface area (Å²) in [4.78, 5) is 24.5. The zero-order chi connectivity index (χ0) is 21.7. The van der Waals surface area contributed by atoms with E-state index in [2.05, 4.69) is 15.7 Å². The third-order valence-corrected chi connectivity index (χ3v) is 5.09. The van der Waals surface area contributed by atoms with Crippen molar-refractivity contribution in [3.05, 3.63) is 36.7 Å². The van der Waals surface area contributed by atoms with Gasteiger partial charge in [0.2, 0.25) is 11.8 Å². The fourth-order valence-corrected chi connectivity index (χ4v) is 3.51. The Morgan fingerprint density at radius 1 is 1.17 bits per heavy atom. The van der Waals surface area contributed by atoms with Crippen LogP contribution in [0.25, 0.3) is 0 Å². The topological polar surface area (TPSA) is 85.2 Å². The molecule has 1 aromatic heterocycles. The maximum Gasteiger partial charge on any atom is 0.391 e. The van der Waals surface area contributed by atoms with Gasteiger partial charge in [-0.2, -0.15) is 18.3 Å². The first-order valence-corrected chi connectivity index (χ1v) is 9.58. The van der Waals surface area contributed by atoms with Gasteiger partial charge in [-0.1, -0.05) is 6.42 Å². The minimum atomic E-state index is -4.28. The van der Waals surface area contributed by atoms with Crippen molar-refractivity contribution < 1.29 is 27.5 Å². The van der Waals surface area contributed by atoms with E-state index in [0.29, 0.717) is 30.0 Å². The number of nitrogens with one attached hydrogen (secondary N) is 2. The molecule has 2 atom stereocenters. The van der Waals surface area contributed by atoms with Crippen molar-refractivity contribution in [3.8, 4) is 5.75 Å². The molecule has 10 heteroatoms. The number of aromatic nitrogens is 2. The van der Waals surface area contributed by atoms with Crippen LogP contribution in [-0.4, -0.2) is 34.9 Å². The van der Waals surface area contributed by atoms with E-state index in [9.17, 15) is 22.8 Å². The summed E-state index contributed by atoms with van der Waals surface area (Å²) in [6.07, 6.45) is -0.786. The van der Waals surface area contributed by atoms with Crippen LogP contribution < -0.4 is 15.4 Å². The van der Waals surface area contributed by atoms with Gasteiger partial charge in [-0.3, -0.25) is 14.3 Å². The number of amides is 2. The van der Waals surface area contributed by atoms with E-state index in [4.69, 9.17) is 4.74 Å². The highest BCUT2D eigenvalue weighted by molar-refractivity contribution is 5.93. The lowest BCUT2D eigenvalue weighted by Gasteiger charge is -2.29. The second-order valence-corrected chi connectivity index (χ2v) is 7.29. The molecule has 162 valence electrons. The van der Waals surface area contributed by atoms with E-state index >= 15 is 0 Å². The molecule has 3 rings (SSSR count). The molecule has 0 spiro atoms. The lowest BCUT2D eigenvalue weighted by Crippen LogP contribution is -2.34. The number of hydrogen-bond donors (Lipinski definition) is 2. The van der Waals surface area contributed by atoms with E-state index in [1.54, 1.807) is 31.4 Å². The van der Waals surface area contributed by atoms with Gasteiger partial charge in [-0.05, 0) is 43.5 Å². The van der Waals surface area contributed by atoms with Gasteiger partial charge in [0, 0.05) is 17.8 Å². The molecule has 30 heavy (non-hydrogen) atoms. The fourth-order valence-electron chi connectivity index (χ4n) is 3.51. The quantitative estimate of drug-likeness (QED) is 0.738. The Hall–Kier alpha value is -3.04. The Kier molecular flexibility index (Phi) is 6.63. The number of nitrogens with zero attached hydrogens (tertiary/aromatic N) is 2. The first-order valence-electron chi connectivity index (χ1n) is 9.58. The Morgan fingerprint density at radius 2 is 1.90 bits per heavy atom. The molecule has 2 N–H and O–H groups in total. The van der Waals surface area contributed by atoms with E-state index in [0.717, 1.165) is 0 Å². The molecule has 1 saturated carbocycles. The highest BCUT2D eigenvalue weighted by Gasteiger charge is 2.43. The molecule has 1 aromatic carbocycles. The van der Waals surface area contributed by atoms with E-state index < -0.39 is 23.9 Å². The minimum absolute atomic E-state index is 0.0640. The van der Waals surface area contributed by atoms with Gasteiger partial charge < -0.3 is 15.4 Å². The standard InChI is InChI=1S/C20H23F3N4O3/c1-30-17-7-5-15(6-8-17)25-18(28)12-27-11-16(10-24-27)26-19(29)13-3-2-4-14(9-13)20(21,22)23/h5-8,10-11,13-14H,2-4,9,12H2,1H3,(H,25,28)(H,26,29). The van der Waals surface area contributed by atoms with Gasteiger partial charge in [0.05, 0.1) is 24.9 Å². The third kappa shape index (κ3) is 5.74. The number of anilines is 2. The average Bonchev–Trinajstić information content (AvgIpc) is 3.14. The van der Waals surface area contributed by atoms with E-state index in [1.807, 2.05) is 0 Å². The number of methoxy groups -OCH3 is 1. The largest absolute Gasteiger partial charge is 0.497 e. The van der Waals surface area contributed by atoms with E-state index in [-0.39, 0.29) is 25.3 Å². The number of alkyl halides is 3. The summed E-state index contributed by atoms with van der Waals surface area (Å²) in [5.74, 6) is -2.23. The predicted molar refractivity (Wildman–Crippen MR) is 104 cm³/mol. The second kappa shape index (κ2) is 9.19. The molecule has 1 fully saturated rings. The minimum Gasteiger partial charge on any atom is -0.497 e. The molecule has 0 bridgehead atoms. The van der Waals surface area contributed by atoms with Crippen LogP contribution >= 0.6 is 0 Å². The van der Waals surface area contributed by atoms with Crippen molar-refractivity contribution in [1.82, 2.24) is 9.78 Å². The lowest BCUT2D eigenvalue weighted by molar-refractivity contribution is -0.185. The number of halogens is 3. The third-order valence-electron chi connectivity index (χ3n) is 5.09. The van der Waals surface area contributed by atoms with E-state index in [1.165, 1.54) is 17.1 Å². The molecule has 2 unspecified atom stereocenters. The fraction of sp³-hybridized carbons (Fsp3) is 0.450. The van der Waals surface area contributed by atoms with Gasteiger partial charge in [0.25, 0.3) is 0 Å². The number of carbonyl (C=O) groups excluding carboxylic acids is 2. The summed E-state index contributed by atoms with van der Waals surface area (Å²) in [6.45, 7) is -0.0819. The lowest BCUT2D eigenvalue weighted by atomic mass is 9.80. The summed E-state index contributed by atoms with van der Waals surface area (Å²) in [5.41, 5.74) is 0.935. The van der Waals surface area contributed by atoms with Crippen LogP contribution in [0.2, 0.25) is 0 Å². The maximum absolute atomic E-state index is 12.9. The number of benzene rings is 1. The Labute approximate surface area is 171 Å². The monoisotopic (exact) mass is 424 g/mol. The van der Waals surface area contributed by atoms with Crippen LogP contribution in [0.3, 0.4) is 0 Å². The maximum atomic E-state index is 12.9. The van der Waals surface area contributed by atoms with Gasteiger partial charge in [-0.15, -0.1) is 0 Å². The zero-order valence-corrected chi connectivity index (χ0v) is 16.4. The van der Waals surface area contributed by atoms with Crippen LogP contribution in [-0.2, 0) is 16.1 Å². The van der Waals surface area contributed by atoms with Crippen molar-refractivity contribution in [2.75, 3.05) is 17.7 Å². The molecule has 0 aliphatic heterocycles. The van der Waals surface area contributed by atoms with Gasteiger partial charge in [-0.25, -0.2) is 0 Å². The zero-order valence-electron chi connectivity index (χ0n) is 16.4.